The Morgan fingerprint density at radius 1 is 1.05 bits per heavy atom. The average Bonchev–Trinajstić information content (AvgIpc) is 3.66. The highest BCUT2D eigenvalue weighted by molar-refractivity contribution is 7.97. The second-order valence-corrected chi connectivity index (χ2v) is 11.6. The molecule has 2 fully saturated rings. The van der Waals surface area contributed by atoms with Crippen LogP contribution in [0, 0.1) is 12.8 Å². The van der Waals surface area contributed by atoms with Gasteiger partial charge in [0.1, 0.15) is 22.6 Å². The van der Waals surface area contributed by atoms with Crippen molar-refractivity contribution in [2.24, 2.45) is 11.7 Å². The van der Waals surface area contributed by atoms with Crippen LogP contribution in [0.5, 0.6) is 0 Å². The van der Waals surface area contributed by atoms with E-state index in [1.165, 1.54) is 12.8 Å². The van der Waals surface area contributed by atoms with E-state index in [2.05, 4.69) is 14.6 Å². The van der Waals surface area contributed by atoms with Crippen molar-refractivity contribution in [3.8, 4) is 11.3 Å². The van der Waals surface area contributed by atoms with E-state index in [4.69, 9.17) is 10.2 Å². The van der Waals surface area contributed by atoms with Crippen molar-refractivity contribution in [3.05, 3.63) is 72.1 Å². The molecule has 3 heterocycles. The SMILES string of the molecule is CC.Cc1ccc(-c2ccc(C(=O)NC(CC3CCCC3)C(N)=O)o2)cc1.O=C1CCCCN(Sc2ccccn2)C1. The number of aromatic nitrogens is 1. The summed E-state index contributed by atoms with van der Waals surface area (Å²) in [6.07, 6.45) is 9.80. The van der Waals surface area contributed by atoms with E-state index in [1.807, 2.05) is 63.2 Å². The molecule has 1 atom stereocenters. The molecule has 9 heteroatoms. The number of rotatable bonds is 8. The summed E-state index contributed by atoms with van der Waals surface area (Å²) in [6.45, 7) is 7.55. The van der Waals surface area contributed by atoms with Crippen LogP contribution in [0.4, 0.5) is 0 Å². The largest absolute Gasteiger partial charge is 0.451 e. The van der Waals surface area contributed by atoms with Gasteiger partial charge >= 0.3 is 0 Å². The molecule has 1 aliphatic heterocycles. The third-order valence-electron chi connectivity index (χ3n) is 7.18. The van der Waals surface area contributed by atoms with Crippen molar-refractivity contribution in [2.45, 2.75) is 83.2 Å². The summed E-state index contributed by atoms with van der Waals surface area (Å²) in [5.74, 6) is 0.712. The van der Waals surface area contributed by atoms with Gasteiger partial charge in [-0.3, -0.25) is 14.4 Å². The number of amides is 2. The Bertz CT molecular complexity index is 1260. The van der Waals surface area contributed by atoms with Gasteiger partial charge in [0.2, 0.25) is 5.91 Å². The van der Waals surface area contributed by atoms with E-state index < -0.39 is 17.9 Å². The number of benzene rings is 1. The zero-order chi connectivity index (χ0) is 30.3. The lowest BCUT2D eigenvalue weighted by Gasteiger charge is -2.18. The monoisotopic (exact) mass is 592 g/mol. The first-order valence-electron chi connectivity index (χ1n) is 15.0. The van der Waals surface area contributed by atoms with Gasteiger partial charge in [0.05, 0.1) is 6.54 Å². The second-order valence-electron chi connectivity index (χ2n) is 10.5. The minimum atomic E-state index is -0.650. The van der Waals surface area contributed by atoms with Gasteiger partial charge in [-0.15, -0.1) is 0 Å². The summed E-state index contributed by atoms with van der Waals surface area (Å²) in [5.41, 5.74) is 7.53. The smallest absolute Gasteiger partial charge is 0.287 e. The molecule has 1 saturated carbocycles. The molecule has 226 valence electrons. The highest BCUT2D eigenvalue weighted by atomic mass is 32.2. The number of furan rings is 1. The molecule has 3 N–H and O–H groups in total. The summed E-state index contributed by atoms with van der Waals surface area (Å²) in [7, 11) is 0. The van der Waals surface area contributed by atoms with E-state index in [0.717, 1.165) is 54.8 Å². The minimum absolute atomic E-state index is 0.188. The molecule has 1 aliphatic carbocycles. The van der Waals surface area contributed by atoms with Crippen LogP contribution in [0.25, 0.3) is 11.3 Å². The second kappa shape index (κ2) is 17.5. The first kappa shape index (κ1) is 33.1. The molecule has 0 radical (unpaired) electrons. The van der Waals surface area contributed by atoms with Crippen LogP contribution in [0.3, 0.4) is 0 Å². The van der Waals surface area contributed by atoms with Crippen molar-refractivity contribution < 1.29 is 18.8 Å². The molecule has 0 spiro atoms. The molecule has 1 aromatic carbocycles. The molecule has 8 nitrogen and oxygen atoms in total. The molecule has 2 amide bonds. The number of carbonyl (C=O) groups is 3. The number of nitrogens with zero attached hydrogens (tertiary/aromatic N) is 2. The Morgan fingerprint density at radius 2 is 1.79 bits per heavy atom. The van der Waals surface area contributed by atoms with Gasteiger partial charge in [-0.2, -0.15) is 0 Å². The standard InChI is InChI=1S/C20H24N2O3.C11H14N2OS.C2H6/c1-13-6-8-15(9-7-13)17-10-11-18(25-17)20(24)22-16(19(21)23)12-14-4-2-3-5-14;14-10-5-2-4-8-13(9-10)15-11-6-1-3-7-12-11;1-2/h6-11,14,16H,2-5,12H2,1H3,(H2,21,23)(H,22,24);1,3,6-7H,2,4-5,8-9H2;1-2H3. The fourth-order valence-electron chi connectivity index (χ4n) is 4.96. The van der Waals surface area contributed by atoms with Gasteiger partial charge in [-0.05, 0) is 68.3 Å². The van der Waals surface area contributed by atoms with E-state index in [-0.39, 0.29) is 5.76 Å². The third kappa shape index (κ3) is 10.8. The molecule has 42 heavy (non-hydrogen) atoms. The number of Topliss-reactive ketones (excluding diaryl/α,β-unsaturated/α-hetero) is 1. The summed E-state index contributed by atoms with van der Waals surface area (Å²) in [6, 6.07) is 16.4. The summed E-state index contributed by atoms with van der Waals surface area (Å²) < 4.78 is 7.77. The number of pyridine rings is 1. The molecule has 2 aromatic heterocycles. The minimum Gasteiger partial charge on any atom is -0.451 e. The van der Waals surface area contributed by atoms with Crippen molar-refractivity contribution in [1.82, 2.24) is 14.6 Å². The van der Waals surface area contributed by atoms with E-state index in [1.54, 1.807) is 30.3 Å². The normalized spacial score (nSPS) is 16.3. The van der Waals surface area contributed by atoms with Crippen molar-refractivity contribution in [3.63, 3.8) is 0 Å². The quantitative estimate of drug-likeness (QED) is 0.283. The van der Waals surface area contributed by atoms with Crippen LogP contribution in [0.15, 0.2) is 70.2 Å². The highest BCUT2D eigenvalue weighted by Crippen LogP contribution is 2.29. The van der Waals surface area contributed by atoms with Crippen LogP contribution in [-0.4, -0.2) is 46.0 Å². The number of nitrogens with two attached hydrogens (primary N) is 1. The van der Waals surface area contributed by atoms with Crippen LogP contribution >= 0.6 is 11.9 Å². The lowest BCUT2D eigenvalue weighted by atomic mass is 9.98. The maximum atomic E-state index is 12.4. The van der Waals surface area contributed by atoms with Gasteiger partial charge < -0.3 is 15.5 Å². The molecule has 1 unspecified atom stereocenters. The Labute approximate surface area is 254 Å². The molecule has 0 bridgehead atoms. The van der Waals surface area contributed by atoms with Crippen LogP contribution in [-0.2, 0) is 9.59 Å². The summed E-state index contributed by atoms with van der Waals surface area (Å²) in [4.78, 5) is 39.8. The van der Waals surface area contributed by atoms with Gasteiger partial charge in [-0.1, -0.05) is 75.4 Å². The number of hydrogen-bond donors (Lipinski definition) is 2. The number of primary amides is 1. The topological polar surface area (TPSA) is 119 Å². The number of nitrogens with one attached hydrogen (secondary N) is 1. The van der Waals surface area contributed by atoms with Gasteiger partial charge in [-0.25, -0.2) is 9.29 Å². The van der Waals surface area contributed by atoms with Crippen molar-refractivity contribution in [1.29, 1.82) is 0 Å². The van der Waals surface area contributed by atoms with E-state index >= 15 is 0 Å². The zero-order valence-corrected chi connectivity index (χ0v) is 25.8. The number of aryl methyl sites for hydroxylation is 1. The Morgan fingerprint density at radius 3 is 2.45 bits per heavy atom. The maximum absolute atomic E-state index is 12.4. The van der Waals surface area contributed by atoms with Gasteiger partial charge in [0.15, 0.2) is 5.76 Å². The predicted molar refractivity (Wildman–Crippen MR) is 168 cm³/mol. The van der Waals surface area contributed by atoms with Crippen LogP contribution in [0.2, 0.25) is 0 Å². The first-order valence-corrected chi connectivity index (χ1v) is 15.8. The Balaban J connectivity index is 0.000000243. The molecule has 1 saturated heterocycles. The fraction of sp³-hybridized carbons (Fsp3) is 0.455. The van der Waals surface area contributed by atoms with Gasteiger partial charge in [0.25, 0.3) is 5.91 Å². The molecular formula is C33H44N4O4S. The maximum Gasteiger partial charge on any atom is 0.287 e. The predicted octanol–water partition coefficient (Wildman–Crippen LogP) is 6.59. The summed E-state index contributed by atoms with van der Waals surface area (Å²) in [5, 5.41) is 3.69. The van der Waals surface area contributed by atoms with E-state index in [0.29, 0.717) is 30.4 Å². The number of carbonyl (C=O) groups excluding carboxylic acids is 3. The van der Waals surface area contributed by atoms with Gasteiger partial charge in [0, 0.05) is 24.7 Å². The average molecular weight is 593 g/mol. The first-order chi connectivity index (χ1) is 20.4. The van der Waals surface area contributed by atoms with Crippen molar-refractivity contribution >= 4 is 29.5 Å². The van der Waals surface area contributed by atoms with Crippen molar-refractivity contribution in [2.75, 3.05) is 13.1 Å². The summed E-state index contributed by atoms with van der Waals surface area (Å²) >= 11 is 1.58. The molecular weight excluding hydrogens is 548 g/mol. The third-order valence-corrected chi connectivity index (χ3v) is 8.18. The lowest BCUT2D eigenvalue weighted by Crippen LogP contribution is -2.45. The lowest BCUT2D eigenvalue weighted by molar-refractivity contribution is -0.120. The number of ketones is 1. The molecule has 5 rings (SSSR count). The zero-order valence-electron chi connectivity index (χ0n) is 25.0. The molecule has 3 aromatic rings. The fourth-order valence-corrected chi connectivity index (χ4v) is 5.91. The van der Waals surface area contributed by atoms with Crippen LogP contribution < -0.4 is 11.1 Å². The van der Waals surface area contributed by atoms with Crippen LogP contribution in [0.1, 0.15) is 81.3 Å². The molecule has 2 aliphatic rings. The van der Waals surface area contributed by atoms with E-state index in [9.17, 15) is 14.4 Å². The number of hydrogen-bond acceptors (Lipinski definition) is 7. The Hall–Kier alpha value is -3.43. The highest BCUT2D eigenvalue weighted by Gasteiger charge is 2.26. The Kier molecular flexibility index (Phi) is 13.8.